The Morgan fingerprint density at radius 3 is 2.59 bits per heavy atom. The van der Waals surface area contributed by atoms with Gasteiger partial charge in [0.25, 0.3) is 5.91 Å². The Morgan fingerprint density at radius 1 is 1.30 bits per heavy atom. The van der Waals surface area contributed by atoms with Gasteiger partial charge < -0.3 is 10.1 Å². The van der Waals surface area contributed by atoms with Crippen molar-refractivity contribution in [2.24, 2.45) is 0 Å². The molecule has 0 aliphatic rings. The zero-order chi connectivity index (χ0) is 20.0. The maximum absolute atomic E-state index is 12.4. The monoisotopic (exact) mass is 427 g/mol. The Labute approximate surface area is 165 Å². The lowest BCUT2D eigenvalue weighted by molar-refractivity contribution is -0.147. The Morgan fingerprint density at radius 2 is 1.96 bits per heavy atom. The van der Waals surface area contributed by atoms with Crippen molar-refractivity contribution >= 4 is 49.8 Å². The highest BCUT2D eigenvalue weighted by atomic mass is 35.5. The number of likely N-dealkylation sites (N-methyl/N-ethyl adjacent to an activating group) is 1. The first-order chi connectivity index (χ1) is 12.7. The van der Waals surface area contributed by atoms with Crippen LogP contribution in [0.3, 0.4) is 0 Å². The molecule has 1 aromatic carbocycles. The number of esters is 1. The Balaban J connectivity index is 1.88. The number of nitrogens with one attached hydrogen (secondary N) is 1. The van der Waals surface area contributed by atoms with E-state index in [0.717, 1.165) is 15.6 Å². The van der Waals surface area contributed by atoms with E-state index < -0.39 is 35.1 Å². The third kappa shape index (κ3) is 5.51. The molecule has 0 bridgehead atoms. The largest absolute Gasteiger partial charge is 0.455 e. The molecule has 142 valence electrons. The summed E-state index contributed by atoms with van der Waals surface area (Å²) in [6.07, 6.45) is 0. The number of carbonyl (C=O) groups is 2. The number of thiophene rings is 1. The van der Waals surface area contributed by atoms with E-state index in [1.54, 1.807) is 11.4 Å². The molecule has 0 atom stereocenters. The molecule has 2 rings (SSSR count). The highest BCUT2D eigenvalue weighted by Gasteiger charge is 2.24. The molecule has 0 spiro atoms. The molecule has 8 nitrogen and oxygen atoms in total. The van der Waals surface area contributed by atoms with Crippen LogP contribution < -0.4 is 5.32 Å². The van der Waals surface area contributed by atoms with Crippen molar-refractivity contribution in [3.63, 3.8) is 0 Å². The van der Waals surface area contributed by atoms with Crippen molar-refractivity contribution < 1.29 is 22.7 Å². The summed E-state index contributed by atoms with van der Waals surface area (Å²) in [5.74, 6) is -1.53. The molecule has 0 aliphatic carbocycles. The first-order valence-electron chi connectivity index (χ1n) is 7.39. The molecule has 0 radical (unpaired) electrons. The van der Waals surface area contributed by atoms with Crippen LogP contribution in [-0.2, 0) is 24.3 Å². The smallest absolute Gasteiger partial charge is 0.321 e. The van der Waals surface area contributed by atoms with Gasteiger partial charge in [0.2, 0.25) is 10.0 Å². The number of halogens is 1. The van der Waals surface area contributed by atoms with E-state index >= 15 is 0 Å². The second kappa shape index (κ2) is 8.96. The van der Waals surface area contributed by atoms with Crippen LogP contribution >= 0.6 is 22.9 Å². The summed E-state index contributed by atoms with van der Waals surface area (Å²) in [7, 11) is -2.68. The Hall–Kier alpha value is -2.45. The van der Waals surface area contributed by atoms with E-state index in [4.69, 9.17) is 21.6 Å². The van der Waals surface area contributed by atoms with Gasteiger partial charge in [-0.1, -0.05) is 11.6 Å². The van der Waals surface area contributed by atoms with Gasteiger partial charge in [-0.25, -0.2) is 8.42 Å². The molecule has 27 heavy (non-hydrogen) atoms. The van der Waals surface area contributed by atoms with Gasteiger partial charge >= 0.3 is 5.97 Å². The van der Waals surface area contributed by atoms with Crippen LogP contribution in [0.4, 0.5) is 5.00 Å². The molecule has 0 aliphatic heterocycles. The quantitative estimate of drug-likeness (QED) is 0.676. The lowest BCUT2D eigenvalue weighted by Crippen LogP contribution is -2.34. The van der Waals surface area contributed by atoms with Crippen molar-refractivity contribution in [3.8, 4) is 6.07 Å². The fraction of sp³-hybridized carbons (Fsp3) is 0.188. The molecular formula is C16H14ClN3O5S2. The minimum Gasteiger partial charge on any atom is -0.455 e. The van der Waals surface area contributed by atoms with Crippen LogP contribution in [-0.4, -0.2) is 44.8 Å². The number of sulfonamides is 1. The second-order valence-corrected chi connectivity index (χ2v) is 8.60. The molecule has 0 saturated heterocycles. The minimum absolute atomic E-state index is 0.0262. The zero-order valence-electron chi connectivity index (χ0n) is 14.0. The normalized spacial score (nSPS) is 11.0. The average Bonchev–Trinajstić information content (AvgIpc) is 3.07. The third-order valence-corrected chi connectivity index (χ3v) is 6.18. The summed E-state index contributed by atoms with van der Waals surface area (Å²) in [4.78, 5) is 23.6. The molecule has 0 saturated carbocycles. The maximum Gasteiger partial charge on any atom is 0.321 e. The van der Waals surface area contributed by atoms with Crippen molar-refractivity contribution in [2.45, 2.75) is 4.90 Å². The van der Waals surface area contributed by atoms with Gasteiger partial charge in [-0.15, -0.1) is 11.3 Å². The van der Waals surface area contributed by atoms with E-state index in [2.05, 4.69) is 5.32 Å². The molecular weight excluding hydrogens is 414 g/mol. The summed E-state index contributed by atoms with van der Waals surface area (Å²) < 4.78 is 30.3. The standard InChI is InChI=1S/C16H14ClN3O5S2/c1-20(27(23,24)13-4-2-12(17)3-5-13)9-15(22)25-10-14(21)19-16-11(8-18)6-7-26-16/h2-7H,9-10H2,1H3,(H,19,21). The lowest BCUT2D eigenvalue weighted by Gasteiger charge is -2.16. The predicted octanol–water partition coefficient (Wildman–Crippen LogP) is 2.08. The molecule has 0 fully saturated rings. The fourth-order valence-corrected chi connectivity index (χ4v) is 3.90. The van der Waals surface area contributed by atoms with Crippen LogP contribution in [0.25, 0.3) is 0 Å². The molecule has 1 N–H and O–H groups in total. The summed E-state index contributed by atoms with van der Waals surface area (Å²) in [5.41, 5.74) is 0.300. The number of carbonyl (C=O) groups excluding carboxylic acids is 2. The number of rotatable bonds is 7. The number of hydrogen-bond acceptors (Lipinski definition) is 7. The highest BCUT2D eigenvalue weighted by molar-refractivity contribution is 7.89. The second-order valence-electron chi connectivity index (χ2n) is 5.20. The summed E-state index contributed by atoms with van der Waals surface area (Å²) in [6, 6.07) is 8.94. The zero-order valence-corrected chi connectivity index (χ0v) is 16.4. The molecule has 1 amide bonds. The fourth-order valence-electron chi connectivity index (χ4n) is 1.90. The summed E-state index contributed by atoms with van der Waals surface area (Å²) in [6.45, 7) is -1.17. The van der Waals surface area contributed by atoms with Crippen LogP contribution in [0.2, 0.25) is 5.02 Å². The van der Waals surface area contributed by atoms with E-state index in [1.165, 1.54) is 31.3 Å². The van der Waals surface area contributed by atoms with Crippen molar-refractivity contribution in [2.75, 3.05) is 25.5 Å². The number of amides is 1. The molecule has 1 aromatic heterocycles. The number of nitriles is 1. The Kier molecular flexibility index (Phi) is 6.92. The molecule has 0 unspecified atom stereocenters. The van der Waals surface area contributed by atoms with E-state index in [0.29, 0.717) is 15.6 Å². The van der Waals surface area contributed by atoms with Crippen LogP contribution in [0.1, 0.15) is 5.56 Å². The third-order valence-electron chi connectivity index (χ3n) is 3.28. The van der Waals surface area contributed by atoms with E-state index in [1.807, 2.05) is 6.07 Å². The van der Waals surface area contributed by atoms with Gasteiger partial charge in [-0.05, 0) is 35.7 Å². The Bertz CT molecular complexity index is 980. The van der Waals surface area contributed by atoms with Crippen LogP contribution in [0.5, 0.6) is 0 Å². The van der Waals surface area contributed by atoms with Crippen LogP contribution in [0.15, 0.2) is 40.6 Å². The summed E-state index contributed by atoms with van der Waals surface area (Å²) >= 11 is 6.89. The van der Waals surface area contributed by atoms with Crippen molar-refractivity contribution in [1.82, 2.24) is 4.31 Å². The number of ether oxygens (including phenoxy) is 1. The highest BCUT2D eigenvalue weighted by Crippen LogP contribution is 2.22. The van der Waals surface area contributed by atoms with E-state index in [-0.39, 0.29) is 4.90 Å². The van der Waals surface area contributed by atoms with Gasteiger partial charge in [0.05, 0.1) is 10.5 Å². The predicted molar refractivity (Wildman–Crippen MR) is 99.9 cm³/mol. The number of hydrogen-bond donors (Lipinski definition) is 1. The average molecular weight is 428 g/mol. The SMILES string of the molecule is CN(CC(=O)OCC(=O)Nc1sccc1C#N)S(=O)(=O)c1ccc(Cl)cc1. The van der Waals surface area contributed by atoms with Gasteiger partial charge in [-0.2, -0.15) is 9.57 Å². The van der Waals surface area contributed by atoms with Gasteiger partial charge in [0.15, 0.2) is 6.61 Å². The topological polar surface area (TPSA) is 117 Å². The number of anilines is 1. The molecule has 2 aromatic rings. The lowest BCUT2D eigenvalue weighted by atomic mass is 10.3. The number of nitrogens with zero attached hydrogens (tertiary/aromatic N) is 2. The number of benzene rings is 1. The van der Waals surface area contributed by atoms with Crippen molar-refractivity contribution in [3.05, 3.63) is 46.3 Å². The van der Waals surface area contributed by atoms with Crippen molar-refractivity contribution in [1.29, 1.82) is 5.26 Å². The van der Waals surface area contributed by atoms with Gasteiger partial charge in [-0.3, -0.25) is 9.59 Å². The van der Waals surface area contributed by atoms with Crippen LogP contribution in [0, 0.1) is 11.3 Å². The summed E-state index contributed by atoms with van der Waals surface area (Å²) in [5, 5.41) is 13.7. The maximum atomic E-state index is 12.4. The minimum atomic E-state index is -3.90. The van der Waals surface area contributed by atoms with Gasteiger partial charge in [0, 0.05) is 12.1 Å². The first kappa shape index (κ1) is 20.9. The van der Waals surface area contributed by atoms with E-state index in [9.17, 15) is 18.0 Å². The molecule has 1 heterocycles. The van der Waals surface area contributed by atoms with Gasteiger partial charge in [0.1, 0.15) is 17.6 Å². The molecule has 11 heteroatoms. The first-order valence-corrected chi connectivity index (χ1v) is 10.1.